The Hall–Kier alpha value is -2.30. The lowest BCUT2D eigenvalue weighted by molar-refractivity contribution is -0.144. The normalized spacial score (nSPS) is 22.3. The molecule has 0 saturated heterocycles. The third-order valence-electron chi connectivity index (χ3n) is 4.29. The number of amides is 1. The minimum Gasteiger partial charge on any atom is -0.493 e. The lowest BCUT2D eigenvalue weighted by Gasteiger charge is -2.27. The van der Waals surface area contributed by atoms with Crippen molar-refractivity contribution in [3.63, 3.8) is 0 Å². The van der Waals surface area contributed by atoms with Gasteiger partial charge >= 0.3 is 5.97 Å². The van der Waals surface area contributed by atoms with Crippen LogP contribution in [0.4, 0.5) is 0 Å². The number of benzene rings is 1. The Labute approximate surface area is 142 Å². The van der Waals surface area contributed by atoms with Gasteiger partial charge in [0.1, 0.15) is 11.4 Å². The molecular weight excluding hydrogens is 306 g/mol. The average Bonchev–Trinajstić information content (AvgIpc) is 2.74. The van der Waals surface area contributed by atoms with E-state index in [0.717, 1.165) is 11.3 Å². The highest BCUT2D eigenvalue weighted by Gasteiger charge is 2.47. The number of carbonyl (C=O) groups excluding carboxylic acids is 2. The number of hydrogen-bond donors (Lipinski definition) is 1. The van der Waals surface area contributed by atoms with Crippen LogP contribution in [0, 0.1) is 5.92 Å². The summed E-state index contributed by atoms with van der Waals surface area (Å²) in [6, 6.07) is 7.62. The van der Waals surface area contributed by atoms with Crippen LogP contribution < -0.4 is 10.1 Å². The van der Waals surface area contributed by atoms with E-state index in [1.807, 2.05) is 24.3 Å². The maximum atomic E-state index is 12.4. The molecule has 1 aromatic rings. The fourth-order valence-corrected chi connectivity index (χ4v) is 3.14. The summed E-state index contributed by atoms with van der Waals surface area (Å²) in [7, 11) is 0. The van der Waals surface area contributed by atoms with Gasteiger partial charge in [0.05, 0.1) is 17.9 Å². The molecule has 5 heteroatoms. The molecule has 0 bridgehead atoms. The summed E-state index contributed by atoms with van der Waals surface area (Å²) in [5.41, 5.74) is 1.24. The molecule has 2 aliphatic heterocycles. The van der Waals surface area contributed by atoms with Crippen LogP contribution in [0.25, 0.3) is 0 Å². The number of esters is 1. The van der Waals surface area contributed by atoms with Crippen LogP contribution in [-0.4, -0.2) is 24.1 Å². The number of carbonyl (C=O) groups is 2. The predicted molar refractivity (Wildman–Crippen MR) is 89.5 cm³/mol. The van der Waals surface area contributed by atoms with Crippen LogP contribution >= 0.6 is 0 Å². The van der Waals surface area contributed by atoms with Gasteiger partial charge in [-0.2, -0.15) is 0 Å². The summed E-state index contributed by atoms with van der Waals surface area (Å²) in [4.78, 5) is 24.5. The van der Waals surface area contributed by atoms with Gasteiger partial charge < -0.3 is 14.8 Å². The minimum atomic E-state index is -0.799. The van der Waals surface area contributed by atoms with Gasteiger partial charge in [-0.25, -0.2) is 4.79 Å². The molecule has 5 nitrogen and oxygen atoms in total. The Kier molecular flexibility index (Phi) is 4.11. The third kappa shape index (κ3) is 3.03. The Morgan fingerprint density at radius 2 is 2.08 bits per heavy atom. The molecule has 3 rings (SSSR count). The van der Waals surface area contributed by atoms with Crippen molar-refractivity contribution in [3.05, 3.63) is 41.1 Å². The largest absolute Gasteiger partial charge is 0.493 e. The van der Waals surface area contributed by atoms with Crippen LogP contribution in [0.1, 0.15) is 45.6 Å². The second-order valence-corrected chi connectivity index (χ2v) is 7.27. The summed E-state index contributed by atoms with van der Waals surface area (Å²) in [5, 5.41) is 2.82. The minimum absolute atomic E-state index is 0.0985. The first-order valence-electron chi connectivity index (χ1n) is 8.28. The lowest BCUT2D eigenvalue weighted by Crippen LogP contribution is -2.38. The molecule has 1 aromatic carbocycles. The van der Waals surface area contributed by atoms with Gasteiger partial charge in [0.2, 0.25) is 5.91 Å². The van der Waals surface area contributed by atoms with Gasteiger partial charge in [-0.05, 0) is 37.5 Å². The molecule has 1 N–H and O–H groups in total. The van der Waals surface area contributed by atoms with Crippen LogP contribution in [0.2, 0.25) is 0 Å². The molecule has 24 heavy (non-hydrogen) atoms. The SMILES string of the molecule is CC(C)COc1cccc(C2CC(=O)NC3=C2C(=O)OC3(C)C)c1. The quantitative estimate of drug-likeness (QED) is 0.863. The molecule has 2 aliphatic rings. The van der Waals surface area contributed by atoms with E-state index < -0.39 is 5.60 Å². The lowest BCUT2D eigenvalue weighted by atomic mass is 9.83. The van der Waals surface area contributed by atoms with Crippen molar-refractivity contribution in [2.75, 3.05) is 6.61 Å². The molecule has 2 heterocycles. The zero-order chi connectivity index (χ0) is 17.5. The van der Waals surface area contributed by atoms with Crippen molar-refractivity contribution in [2.24, 2.45) is 5.92 Å². The Bertz CT molecular complexity index is 718. The first-order chi connectivity index (χ1) is 11.3. The second kappa shape index (κ2) is 5.96. The van der Waals surface area contributed by atoms with Gasteiger partial charge in [-0.15, -0.1) is 0 Å². The summed E-state index contributed by atoms with van der Waals surface area (Å²) >= 11 is 0. The van der Waals surface area contributed by atoms with Gasteiger partial charge in [-0.1, -0.05) is 26.0 Å². The van der Waals surface area contributed by atoms with E-state index in [-0.39, 0.29) is 24.2 Å². The van der Waals surface area contributed by atoms with Gasteiger partial charge in [0.25, 0.3) is 0 Å². The van der Waals surface area contributed by atoms with Gasteiger partial charge in [-0.3, -0.25) is 4.79 Å². The Morgan fingerprint density at radius 1 is 1.33 bits per heavy atom. The first kappa shape index (κ1) is 16.6. The fourth-order valence-electron chi connectivity index (χ4n) is 3.14. The van der Waals surface area contributed by atoms with Crippen LogP contribution in [0.15, 0.2) is 35.5 Å². The first-order valence-corrected chi connectivity index (χ1v) is 8.28. The van der Waals surface area contributed by atoms with Crippen molar-refractivity contribution in [3.8, 4) is 5.75 Å². The molecule has 0 aliphatic carbocycles. The monoisotopic (exact) mass is 329 g/mol. The van der Waals surface area contributed by atoms with Crippen LogP contribution in [-0.2, 0) is 14.3 Å². The molecule has 1 atom stereocenters. The smallest absolute Gasteiger partial charge is 0.337 e. The molecule has 1 amide bonds. The standard InChI is InChI=1S/C19H23NO4/c1-11(2)10-23-13-7-5-6-12(8-13)14-9-15(21)20-17-16(14)18(22)24-19(17,3)4/h5-8,11,14H,9-10H2,1-4H3,(H,20,21). The van der Waals surface area contributed by atoms with E-state index in [0.29, 0.717) is 23.8 Å². The number of ether oxygens (including phenoxy) is 2. The summed E-state index contributed by atoms with van der Waals surface area (Å²) in [6.07, 6.45) is 0.234. The highest BCUT2D eigenvalue weighted by atomic mass is 16.6. The highest BCUT2D eigenvalue weighted by Crippen LogP contribution is 2.43. The Balaban J connectivity index is 1.96. The Morgan fingerprint density at radius 3 is 2.79 bits per heavy atom. The van der Waals surface area contributed by atoms with Crippen molar-refractivity contribution in [1.29, 1.82) is 0 Å². The molecule has 0 spiro atoms. The van der Waals surface area contributed by atoms with Crippen molar-refractivity contribution < 1.29 is 19.1 Å². The molecule has 1 unspecified atom stereocenters. The molecule has 0 radical (unpaired) electrons. The predicted octanol–water partition coefficient (Wildman–Crippen LogP) is 2.91. The zero-order valence-corrected chi connectivity index (χ0v) is 14.5. The van der Waals surface area contributed by atoms with Crippen molar-refractivity contribution in [2.45, 2.75) is 45.6 Å². The summed E-state index contributed by atoms with van der Waals surface area (Å²) < 4.78 is 11.2. The topological polar surface area (TPSA) is 64.6 Å². The maximum Gasteiger partial charge on any atom is 0.337 e. The highest BCUT2D eigenvalue weighted by molar-refractivity contribution is 5.99. The molecule has 0 aromatic heterocycles. The molecule has 0 saturated carbocycles. The van der Waals surface area contributed by atoms with E-state index in [1.54, 1.807) is 13.8 Å². The number of rotatable bonds is 4. The van der Waals surface area contributed by atoms with Crippen LogP contribution in [0.3, 0.4) is 0 Å². The van der Waals surface area contributed by atoms with E-state index in [9.17, 15) is 9.59 Å². The third-order valence-corrected chi connectivity index (χ3v) is 4.29. The summed E-state index contributed by atoms with van der Waals surface area (Å²) in [6.45, 7) is 8.37. The van der Waals surface area contributed by atoms with Crippen molar-refractivity contribution in [1.82, 2.24) is 5.32 Å². The number of hydrogen-bond acceptors (Lipinski definition) is 4. The van der Waals surface area contributed by atoms with E-state index >= 15 is 0 Å². The zero-order valence-electron chi connectivity index (χ0n) is 14.5. The maximum absolute atomic E-state index is 12.4. The number of cyclic esters (lactones) is 1. The fraction of sp³-hybridized carbons (Fsp3) is 0.474. The van der Waals surface area contributed by atoms with Crippen LogP contribution in [0.5, 0.6) is 5.75 Å². The second-order valence-electron chi connectivity index (χ2n) is 7.27. The molecular formula is C19H23NO4. The summed E-state index contributed by atoms with van der Waals surface area (Å²) in [5.74, 6) is 0.423. The van der Waals surface area contributed by atoms with Gasteiger partial charge in [0, 0.05) is 12.3 Å². The number of nitrogens with one attached hydrogen (secondary N) is 1. The van der Waals surface area contributed by atoms with E-state index in [4.69, 9.17) is 9.47 Å². The molecule has 0 fully saturated rings. The van der Waals surface area contributed by atoms with E-state index in [2.05, 4.69) is 19.2 Å². The molecule has 128 valence electrons. The van der Waals surface area contributed by atoms with Crippen molar-refractivity contribution >= 4 is 11.9 Å². The van der Waals surface area contributed by atoms with Gasteiger partial charge in [0.15, 0.2) is 0 Å². The average molecular weight is 329 g/mol. The van der Waals surface area contributed by atoms with E-state index in [1.165, 1.54) is 0 Å².